The summed E-state index contributed by atoms with van der Waals surface area (Å²) in [6.07, 6.45) is 9.13. The molecule has 1 aliphatic heterocycles. The average molecular weight is 390 g/mol. The van der Waals surface area contributed by atoms with Crippen LogP contribution in [0.2, 0.25) is 0 Å². The van der Waals surface area contributed by atoms with E-state index in [1.54, 1.807) is 32.4 Å². The van der Waals surface area contributed by atoms with Crippen molar-refractivity contribution in [2.24, 2.45) is 0 Å². The lowest BCUT2D eigenvalue weighted by Crippen LogP contribution is -2.49. The predicted octanol–water partition coefficient (Wildman–Crippen LogP) is 3.06. The van der Waals surface area contributed by atoms with Crippen molar-refractivity contribution in [3.63, 3.8) is 0 Å². The molecule has 0 aromatic carbocycles. The van der Waals surface area contributed by atoms with E-state index in [-0.39, 0.29) is 18.2 Å². The first-order chi connectivity index (χ1) is 13.5. The molecule has 2 fully saturated rings. The molecule has 1 saturated heterocycles. The Morgan fingerprint density at radius 1 is 1.11 bits per heavy atom. The normalized spacial score (nSPS) is 18.4. The molecular weight excluding hydrogens is 358 g/mol. The van der Waals surface area contributed by atoms with Gasteiger partial charge < -0.3 is 25.2 Å². The van der Waals surface area contributed by atoms with Gasteiger partial charge in [-0.3, -0.25) is 0 Å². The van der Waals surface area contributed by atoms with Gasteiger partial charge >= 0.3 is 12.1 Å². The molecule has 1 aromatic rings. The summed E-state index contributed by atoms with van der Waals surface area (Å²) >= 11 is 0. The first-order valence-corrected chi connectivity index (χ1v) is 10.2. The minimum atomic E-state index is -0.200. The Morgan fingerprint density at radius 2 is 1.82 bits per heavy atom. The molecule has 1 aromatic heterocycles. The fourth-order valence-corrected chi connectivity index (χ4v) is 3.62. The quantitative estimate of drug-likeness (QED) is 0.829. The van der Waals surface area contributed by atoms with E-state index in [2.05, 4.69) is 15.6 Å². The summed E-state index contributed by atoms with van der Waals surface area (Å²) in [6, 6.07) is 3.73. The summed E-state index contributed by atoms with van der Waals surface area (Å²) in [5.74, 6) is 0.535. The molecule has 28 heavy (non-hydrogen) atoms. The second-order valence-electron chi connectivity index (χ2n) is 7.80. The lowest BCUT2D eigenvalue weighted by Gasteiger charge is -2.33. The van der Waals surface area contributed by atoms with Gasteiger partial charge in [-0.2, -0.15) is 0 Å². The van der Waals surface area contributed by atoms with Crippen LogP contribution >= 0.6 is 0 Å². The number of hydrogen-bond acceptors (Lipinski definition) is 4. The minimum absolute atomic E-state index is 0.0495. The highest BCUT2D eigenvalue weighted by atomic mass is 16.5. The molecule has 2 aliphatic rings. The lowest BCUT2D eigenvalue weighted by molar-refractivity contribution is 0.106. The monoisotopic (exact) mass is 389 g/mol. The predicted molar refractivity (Wildman–Crippen MR) is 108 cm³/mol. The molecule has 0 unspecified atom stereocenters. The van der Waals surface area contributed by atoms with Crippen LogP contribution in [0.15, 0.2) is 18.3 Å². The van der Waals surface area contributed by atoms with Gasteiger partial charge in [-0.05, 0) is 18.9 Å². The standard InChI is InChI=1S/C20H31N5O3/c1-24(2)19(26)23-16-8-9-18(21-14-16)28-17-10-12-25(13-11-17)20(27)22-15-6-4-3-5-7-15/h8-9,14-15,17H,3-7,10-13H2,1-2H3,(H,22,27)(H,23,26). The van der Waals surface area contributed by atoms with E-state index < -0.39 is 0 Å². The van der Waals surface area contributed by atoms with Crippen LogP contribution in [0.1, 0.15) is 44.9 Å². The number of likely N-dealkylation sites (tertiary alicyclic amines) is 1. The summed E-state index contributed by atoms with van der Waals surface area (Å²) in [5, 5.41) is 5.92. The van der Waals surface area contributed by atoms with Crippen LogP contribution in [-0.2, 0) is 0 Å². The van der Waals surface area contributed by atoms with Crippen molar-refractivity contribution in [3.05, 3.63) is 18.3 Å². The lowest BCUT2D eigenvalue weighted by atomic mass is 9.96. The van der Waals surface area contributed by atoms with Gasteiger partial charge in [-0.1, -0.05) is 19.3 Å². The van der Waals surface area contributed by atoms with Crippen molar-refractivity contribution in [3.8, 4) is 5.88 Å². The fraction of sp³-hybridized carbons (Fsp3) is 0.650. The number of aromatic nitrogens is 1. The number of nitrogens with one attached hydrogen (secondary N) is 2. The van der Waals surface area contributed by atoms with Crippen LogP contribution in [0.4, 0.5) is 15.3 Å². The topological polar surface area (TPSA) is 86.8 Å². The Morgan fingerprint density at radius 3 is 2.43 bits per heavy atom. The third-order valence-electron chi connectivity index (χ3n) is 5.34. The first-order valence-electron chi connectivity index (χ1n) is 10.2. The number of piperidine rings is 1. The van der Waals surface area contributed by atoms with E-state index in [1.165, 1.54) is 24.2 Å². The molecule has 0 radical (unpaired) electrons. The number of carbonyl (C=O) groups excluding carboxylic acids is 2. The van der Waals surface area contributed by atoms with Crippen LogP contribution < -0.4 is 15.4 Å². The second kappa shape index (κ2) is 9.61. The number of rotatable bonds is 4. The second-order valence-corrected chi connectivity index (χ2v) is 7.80. The van der Waals surface area contributed by atoms with Gasteiger partial charge in [0.15, 0.2) is 0 Å². The maximum atomic E-state index is 12.4. The number of ether oxygens (including phenoxy) is 1. The number of pyridine rings is 1. The van der Waals surface area contributed by atoms with E-state index in [1.807, 2.05) is 4.90 Å². The molecule has 1 aliphatic carbocycles. The van der Waals surface area contributed by atoms with Crippen LogP contribution in [0.5, 0.6) is 5.88 Å². The van der Waals surface area contributed by atoms with E-state index >= 15 is 0 Å². The van der Waals surface area contributed by atoms with Crippen LogP contribution in [0.25, 0.3) is 0 Å². The molecule has 0 atom stereocenters. The number of hydrogen-bond donors (Lipinski definition) is 2. The van der Waals surface area contributed by atoms with Gasteiger partial charge in [0.1, 0.15) is 6.10 Å². The van der Waals surface area contributed by atoms with E-state index in [9.17, 15) is 9.59 Å². The zero-order valence-electron chi connectivity index (χ0n) is 16.8. The molecule has 8 nitrogen and oxygen atoms in total. The van der Waals surface area contributed by atoms with Crippen LogP contribution in [0, 0.1) is 0 Å². The maximum absolute atomic E-state index is 12.4. The molecule has 8 heteroatoms. The van der Waals surface area contributed by atoms with Crippen molar-refractivity contribution in [2.75, 3.05) is 32.5 Å². The Hall–Kier alpha value is -2.51. The smallest absolute Gasteiger partial charge is 0.321 e. The van der Waals surface area contributed by atoms with Crippen molar-refractivity contribution in [2.45, 2.75) is 57.1 Å². The SMILES string of the molecule is CN(C)C(=O)Nc1ccc(OC2CCN(C(=O)NC3CCCCC3)CC2)nc1. The van der Waals surface area contributed by atoms with Gasteiger partial charge in [0, 0.05) is 52.1 Å². The Kier molecular flexibility index (Phi) is 6.95. The average Bonchev–Trinajstić information content (AvgIpc) is 2.70. The maximum Gasteiger partial charge on any atom is 0.321 e. The molecule has 0 spiro atoms. The summed E-state index contributed by atoms with van der Waals surface area (Å²) in [4.78, 5) is 31.7. The first kappa shape index (κ1) is 20.2. The van der Waals surface area contributed by atoms with E-state index in [4.69, 9.17) is 4.74 Å². The van der Waals surface area contributed by atoms with Gasteiger partial charge in [0.25, 0.3) is 0 Å². The highest BCUT2D eigenvalue weighted by molar-refractivity contribution is 5.88. The van der Waals surface area contributed by atoms with E-state index in [0.717, 1.165) is 25.7 Å². The Labute approximate surface area is 166 Å². The third-order valence-corrected chi connectivity index (χ3v) is 5.34. The summed E-state index contributed by atoms with van der Waals surface area (Å²) in [7, 11) is 3.37. The molecule has 2 N–H and O–H groups in total. The largest absolute Gasteiger partial charge is 0.474 e. The summed E-state index contributed by atoms with van der Waals surface area (Å²) in [6.45, 7) is 1.39. The van der Waals surface area contributed by atoms with Gasteiger partial charge in [-0.25, -0.2) is 14.6 Å². The van der Waals surface area contributed by atoms with Gasteiger partial charge in [-0.15, -0.1) is 0 Å². The molecule has 0 bridgehead atoms. The van der Waals surface area contributed by atoms with Crippen molar-refractivity contribution < 1.29 is 14.3 Å². The Bertz CT molecular complexity index is 650. The van der Waals surface area contributed by atoms with Crippen molar-refractivity contribution in [1.82, 2.24) is 20.1 Å². The molecule has 3 rings (SSSR count). The molecular formula is C20H31N5O3. The molecule has 2 heterocycles. The number of amides is 4. The summed E-state index contributed by atoms with van der Waals surface area (Å²) in [5.41, 5.74) is 0.625. The van der Waals surface area contributed by atoms with Crippen molar-refractivity contribution in [1.29, 1.82) is 0 Å². The molecule has 4 amide bonds. The van der Waals surface area contributed by atoms with Crippen LogP contribution in [0.3, 0.4) is 0 Å². The fourth-order valence-electron chi connectivity index (χ4n) is 3.62. The zero-order valence-corrected chi connectivity index (χ0v) is 16.8. The molecule has 154 valence electrons. The third kappa shape index (κ3) is 5.74. The van der Waals surface area contributed by atoms with Crippen LogP contribution in [-0.4, -0.2) is 66.2 Å². The van der Waals surface area contributed by atoms with Gasteiger partial charge in [0.2, 0.25) is 5.88 Å². The Balaban J connectivity index is 1.41. The molecule has 1 saturated carbocycles. The number of nitrogens with zero attached hydrogens (tertiary/aromatic N) is 3. The number of urea groups is 2. The zero-order chi connectivity index (χ0) is 19.9. The number of carbonyl (C=O) groups is 2. The highest BCUT2D eigenvalue weighted by Gasteiger charge is 2.26. The number of anilines is 1. The summed E-state index contributed by atoms with van der Waals surface area (Å²) < 4.78 is 5.95. The minimum Gasteiger partial charge on any atom is -0.474 e. The van der Waals surface area contributed by atoms with Crippen molar-refractivity contribution >= 4 is 17.7 Å². The van der Waals surface area contributed by atoms with Gasteiger partial charge in [0.05, 0.1) is 11.9 Å². The van der Waals surface area contributed by atoms with E-state index in [0.29, 0.717) is 30.7 Å². The highest BCUT2D eigenvalue weighted by Crippen LogP contribution is 2.20.